The van der Waals surface area contributed by atoms with Crippen molar-refractivity contribution in [3.8, 4) is 17.1 Å². The number of phenolic OH excluding ortho intramolecular Hbond substituents is 1. The van der Waals surface area contributed by atoms with Crippen molar-refractivity contribution in [2.24, 2.45) is 0 Å². The molecule has 3 aromatic rings. The zero-order valence-electron chi connectivity index (χ0n) is 11.1. The molecule has 0 aliphatic rings. The van der Waals surface area contributed by atoms with Crippen LogP contribution in [-0.2, 0) is 6.54 Å². The van der Waals surface area contributed by atoms with Crippen molar-refractivity contribution in [1.29, 1.82) is 0 Å². The normalized spacial score (nSPS) is 11.1. The standard InChI is InChI=1S/C16H16N2O/c1-3-18-14-7-5-4-6-13(14)17-16(18)12-8-9-15(19)11(2)10-12/h4-10,19H,3H2,1-2H3. The average molecular weight is 252 g/mol. The van der Waals surface area contributed by atoms with Gasteiger partial charge in [-0.25, -0.2) is 4.98 Å². The van der Waals surface area contributed by atoms with Crippen LogP contribution in [0.15, 0.2) is 42.5 Å². The molecule has 1 aromatic heterocycles. The molecule has 0 saturated carbocycles. The first kappa shape index (κ1) is 11.8. The molecule has 0 atom stereocenters. The Hall–Kier alpha value is -2.29. The molecule has 0 spiro atoms. The molecule has 0 radical (unpaired) electrons. The van der Waals surface area contributed by atoms with Gasteiger partial charge in [0.25, 0.3) is 0 Å². The summed E-state index contributed by atoms with van der Waals surface area (Å²) in [5, 5.41) is 9.63. The van der Waals surface area contributed by atoms with E-state index in [-0.39, 0.29) is 0 Å². The zero-order chi connectivity index (χ0) is 13.4. The molecule has 3 heteroatoms. The molecule has 1 heterocycles. The quantitative estimate of drug-likeness (QED) is 0.754. The Bertz CT molecular complexity index is 744. The van der Waals surface area contributed by atoms with Crippen LogP contribution in [0.5, 0.6) is 5.75 Å². The number of hydrogen-bond acceptors (Lipinski definition) is 2. The van der Waals surface area contributed by atoms with Gasteiger partial charge >= 0.3 is 0 Å². The van der Waals surface area contributed by atoms with Crippen LogP contribution in [-0.4, -0.2) is 14.7 Å². The first-order valence-electron chi connectivity index (χ1n) is 6.46. The summed E-state index contributed by atoms with van der Waals surface area (Å²) in [7, 11) is 0. The number of phenols is 1. The van der Waals surface area contributed by atoms with Crippen LogP contribution in [0.4, 0.5) is 0 Å². The van der Waals surface area contributed by atoms with Crippen LogP contribution in [0.2, 0.25) is 0 Å². The number of nitrogens with zero attached hydrogens (tertiary/aromatic N) is 2. The predicted octanol–water partition coefficient (Wildman–Crippen LogP) is 3.74. The third-order valence-electron chi connectivity index (χ3n) is 3.43. The van der Waals surface area contributed by atoms with E-state index < -0.39 is 0 Å². The van der Waals surface area contributed by atoms with Gasteiger partial charge in [-0.15, -0.1) is 0 Å². The molecule has 0 unspecified atom stereocenters. The summed E-state index contributed by atoms with van der Waals surface area (Å²) >= 11 is 0. The van der Waals surface area contributed by atoms with E-state index in [1.165, 1.54) is 0 Å². The SMILES string of the molecule is CCn1c(-c2ccc(O)c(C)c2)nc2ccccc21. The van der Waals surface area contributed by atoms with Crippen molar-refractivity contribution in [1.82, 2.24) is 9.55 Å². The van der Waals surface area contributed by atoms with Crippen molar-refractivity contribution in [2.75, 3.05) is 0 Å². The van der Waals surface area contributed by atoms with E-state index >= 15 is 0 Å². The maximum Gasteiger partial charge on any atom is 0.141 e. The highest BCUT2D eigenvalue weighted by Gasteiger charge is 2.11. The van der Waals surface area contributed by atoms with Gasteiger partial charge in [0.15, 0.2) is 0 Å². The fraction of sp³-hybridized carbons (Fsp3) is 0.188. The van der Waals surface area contributed by atoms with Gasteiger partial charge in [-0.3, -0.25) is 0 Å². The third-order valence-corrected chi connectivity index (χ3v) is 3.43. The highest BCUT2D eigenvalue weighted by molar-refractivity contribution is 5.80. The molecular weight excluding hydrogens is 236 g/mol. The number of para-hydroxylation sites is 2. The monoisotopic (exact) mass is 252 g/mol. The third kappa shape index (κ3) is 1.87. The molecule has 19 heavy (non-hydrogen) atoms. The van der Waals surface area contributed by atoms with Crippen LogP contribution in [0.3, 0.4) is 0 Å². The van der Waals surface area contributed by atoms with Crippen molar-refractivity contribution in [3.05, 3.63) is 48.0 Å². The van der Waals surface area contributed by atoms with E-state index in [4.69, 9.17) is 4.98 Å². The van der Waals surface area contributed by atoms with Gasteiger partial charge in [-0.1, -0.05) is 12.1 Å². The maximum absolute atomic E-state index is 9.63. The van der Waals surface area contributed by atoms with Crippen LogP contribution in [0.1, 0.15) is 12.5 Å². The van der Waals surface area contributed by atoms with E-state index in [9.17, 15) is 5.11 Å². The zero-order valence-corrected chi connectivity index (χ0v) is 11.1. The Morgan fingerprint density at radius 2 is 1.95 bits per heavy atom. The minimum absolute atomic E-state index is 0.322. The number of benzene rings is 2. The molecule has 0 amide bonds. The number of imidazole rings is 1. The topological polar surface area (TPSA) is 38.0 Å². The van der Waals surface area contributed by atoms with Crippen molar-refractivity contribution in [2.45, 2.75) is 20.4 Å². The van der Waals surface area contributed by atoms with Crippen molar-refractivity contribution < 1.29 is 5.11 Å². The average Bonchev–Trinajstić information content (AvgIpc) is 2.80. The molecule has 0 aliphatic heterocycles. The lowest BCUT2D eigenvalue weighted by atomic mass is 10.1. The molecule has 3 nitrogen and oxygen atoms in total. The number of aromatic nitrogens is 2. The molecule has 3 rings (SSSR count). The Kier molecular flexibility index (Phi) is 2.75. The smallest absolute Gasteiger partial charge is 0.141 e. The fourth-order valence-electron chi connectivity index (χ4n) is 2.41. The van der Waals surface area contributed by atoms with Crippen LogP contribution >= 0.6 is 0 Å². The Morgan fingerprint density at radius 3 is 2.68 bits per heavy atom. The maximum atomic E-state index is 9.63. The summed E-state index contributed by atoms with van der Waals surface area (Å²) in [5.74, 6) is 1.27. The summed E-state index contributed by atoms with van der Waals surface area (Å²) < 4.78 is 2.20. The lowest BCUT2D eigenvalue weighted by Crippen LogP contribution is -1.97. The summed E-state index contributed by atoms with van der Waals surface area (Å²) in [4.78, 5) is 4.71. The number of aromatic hydroxyl groups is 1. The second-order valence-electron chi connectivity index (χ2n) is 4.67. The second-order valence-corrected chi connectivity index (χ2v) is 4.67. The van der Waals surface area contributed by atoms with Gasteiger partial charge in [-0.2, -0.15) is 0 Å². The summed E-state index contributed by atoms with van der Waals surface area (Å²) in [6, 6.07) is 13.8. The molecule has 0 fully saturated rings. The number of hydrogen-bond donors (Lipinski definition) is 1. The first-order chi connectivity index (χ1) is 9.20. The molecule has 2 aromatic carbocycles. The van der Waals surface area contributed by atoms with Crippen LogP contribution in [0.25, 0.3) is 22.4 Å². The van der Waals surface area contributed by atoms with Gasteiger partial charge in [0.1, 0.15) is 11.6 Å². The first-order valence-corrected chi connectivity index (χ1v) is 6.46. The van der Waals surface area contributed by atoms with E-state index in [0.29, 0.717) is 5.75 Å². The van der Waals surface area contributed by atoms with Crippen molar-refractivity contribution >= 4 is 11.0 Å². The van der Waals surface area contributed by atoms with Gasteiger partial charge in [0, 0.05) is 12.1 Å². The van der Waals surface area contributed by atoms with Crippen LogP contribution < -0.4 is 0 Å². The minimum Gasteiger partial charge on any atom is -0.508 e. The van der Waals surface area contributed by atoms with Crippen LogP contribution in [0, 0.1) is 6.92 Å². The highest BCUT2D eigenvalue weighted by atomic mass is 16.3. The Morgan fingerprint density at radius 1 is 1.16 bits per heavy atom. The molecule has 96 valence electrons. The summed E-state index contributed by atoms with van der Waals surface area (Å²) in [6.07, 6.45) is 0. The highest BCUT2D eigenvalue weighted by Crippen LogP contribution is 2.28. The van der Waals surface area contributed by atoms with E-state index in [2.05, 4.69) is 17.6 Å². The fourth-order valence-corrected chi connectivity index (χ4v) is 2.41. The lowest BCUT2D eigenvalue weighted by molar-refractivity contribution is 0.471. The molecule has 1 N–H and O–H groups in total. The second kappa shape index (κ2) is 4.43. The van der Waals surface area contributed by atoms with Gasteiger partial charge in [0.05, 0.1) is 11.0 Å². The largest absolute Gasteiger partial charge is 0.508 e. The number of fused-ring (bicyclic) bond motifs is 1. The van der Waals surface area contributed by atoms with E-state index in [1.54, 1.807) is 6.07 Å². The summed E-state index contributed by atoms with van der Waals surface area (Å²) in [6.45, 7) is 4.89. The molecule has 0 aliphatic carbocycles. The number of rotatable bonds is 2. The predicted molar refractivity (Wildman–Crippen MR) is 77.2 cm³/mol. The van der Waals surface area contributed by atoms with Crippen molar-refractivity contribution in [3.63, 3.8) is 0 Å². The molecule has 0 saturated heterocycles. The van der Waals surface area contributed by atoms with E-state index in [1.807, 2.05) is 37.3 Å². The molecular formula is C16H16N2O. The Labute approximate surface area is 112 Å². The van der Waals surface area contributed by atoms with Gasteiger partial charge in [-0.05, 0) is 49.7 Å². The summed E-state index contributed by atoms with van der Waals surface area (Å²) in [5.41, 5.74) is 4.05. The Balaban J connectivity index is 2.26. The minimum atomic E-state index is 0.322. The van der Waals surface area contributed by atoms with Gasteiger partial charge < -0.3 is 9.67 Å². The van der Waals surface area contributed by atoms with Gasteiger partial charge in [0.2, 0.25) is 0 Å². The number of aryl methyl sites for hydroxylation is 2. The lowest BCUT2D eigenvalue weighted by Gasteiger charge is -2.07. The molecule has 0 bridgehead atoms. The van der Waals surface area contributed by atoms with E-state index in [0.717, 1.165) is 34.5 Å².